The molecule has 206 valence electrons. The van der Waals surface area contributed by atoms with Gasteiger partial charge in [0.05, 0.1) is 23.0 Å². The van der Waals surface area contributed by atoms with Crippen molar-refractivity contribution in [2.45, 2.75) is 11.8 Å². The first kappa shape index (κ1) is 29.6. The summed E-state index contributed by atoms with van der Waals surface area (Å²) in [5.41, 5.74) is 0.890. The molecule has 18 heteroatoms. The average Bonchev–Trinajstić information content (AvgIpc) is 2.85. The summed E-state index contributed by atoms with van der Waals surface area (Å²) in [6.07, 6.45) is -1.18. The summed E-state index contributed by atoms with van der Waals surface area (Å²) in [6, 6.07) is 12.4. The smallest absolute Gasteiger partial charge is 0.315 e. The van der Waals surface area contributed by atoms with Crippen molar-refractivity contribution < 1.29 is 44.6 Å². The van der Waals surface area contributed by atoms with Crippen LogP contribution in [0.5, 0.6) is 0 Å². The first-order chi connectivity index (χ1) is 18.0. The Morgan fingerprint density at radius 2 is 1.79 bits per heavy atom. The molecule has 0 saturated carbocycles. The largest absolute Gasteiger partial charge is 0.324 e. The fourth-order valence-corrected chi connectivity index (χ4v) is 5.19. The standard InChI is InChI=1S/C20H22FN5O9S3/c1-14-7-8-15(13-17(14)38(30,31)32)22-19-23-18(21)24-20(25-19)26(16-5-3-2-4-6-16)9-11-37(28,29)12-10-33-36-35-34-27/h2-8,13,27H,9-12H2,1H3,(H,30,31,32)(H,22,23,24,25). The molecule has 0 bridgehead atoms. The Morgan fingerprint density at radius 3 is 2.47 bits per heavy atom. The van der Waals surface area contributed by atoms with Gasteiger partial charge in [-0.1, -0.05) is 29.3 Å². The van der Waals surface area contributed by atoms with Gasteiger partial charge >= 0.3 is 6.08 Å². The summed E-state index contributed by atoms with van der Waals surface area (Å²) in [5, 5.41) is 14.0. The molecule has 0 spiro atoms. The molecule has 1 aromatic heterocycles. The number of sulfone groups is 1. The lowest BCUT2D eigenvalue weighted by atomic mass is 10.2. The second-order valence-electron chi connectivity index (χ2n) is 7.48. The van der Waals surface area contributed by atoms with E-state index in [1.165, 1.54) is 24.0 Å². The molecule has 0 saturated heterocycles. The fraction of sp³-hybridized carbons (Fsp3) is 0.250. The number of anilines is 4. The summed E-state index contributed by atoms with van der Waals surface area (Å²) < 4.78 is 80.9. The molecule has 2 aromatic carbocycles. The van der Waals surface area contributed by atoms with Crippen molar-refractivity contribution in [3.05, 3.63) is 60.2 Å². The van der Waals surface area contributed by atoms with Crippen molar-refractivity contribution in [3.8, 4) is 0 Å². The van der Waals surface area contributed by atoms with Crippen LogP contribution in [0.25, 0.3) is 0 Å². The minimum atomic E-state index is -4.51. The van der Waals surface area contributed by atoms with Gasteiger partial charge in [0.1, 0.15) is 0 Å². The van der Waals surface area contributed by atoms with E-state index in [4.69, 9.17) is 9.44 Å². The zero-order chi connectivity index (χ0) is 27.8. The van der Waals surface area contributed by atoms with Crippen molar-refractivity contribution in [2.75, 3.05) is 34.9 Å². The summed E-state index contributed by atoms with van der Waals surface area (Å²) in [7, 11) is -8.19. The number of nitrogens with zero attached hydrogens (tertiary/aromatic N) is 4. The molecule has 3 N–H and O–H groups in total. The van der Waals surface area contributed by atoms with Crippen LogP contribution in [0.1, 0.15) is 5.56 Å². The van der Waals surface area contributed by atoms with E-state index >= 15 is 0 Å². The molecule has 3 rings (SSSR count). The van der Waals surface area contributed by atoms with Gasteiger partial charge in [0, 0.05) is 17.9 Å². The SMILES string of the molecule is Cc1ccc(Nc2nc(F)nc(N(CCS(=O)(=O)CCOSOOO)c3ccccc3)n2)cc1S(=O)(=O)O. The van der Waals surface area contributed by atoms with Gasteiger partial charge in [-0.15, -0.1) is 4.33 Å². The second-order valence-corrected chi connectivity index (χ2v) is 11.7. The van der Waals surface area contributed by atoms with Crippen molar-refractivity contribution >= 4 is 55.6 Å². The quantitative estimate of drug-likeness (QED) is 0.0814. The Morgan fingerprint density at radius 1 is 1.05 bits per heavy atom. The number of rotatable bonds is 14. The number of nitrogens with one attached hydrogen (secondary N) is 1. The molecule has 0 aliphatic carbocycles. The van der Waals surface area contributed by atoms with Crippen LogP contribution >= 0.6 is 12.3 Å². The van der Waals surface area contributed by atoms with Crippen molar-refractivity contribution in [1.29, 1.82) is 0 Å². The highest BCUT2D eigenvalue weighted by Gasteiger charge is 2.20. The Bertz CT molecular complexity index is 1450. The van der Waals surface area contributed by atoms with E-state index in [1.54, 1.807) is 30.3 Å². The van der Waals surface area contributed by atoms with Gasteiger partial charge in [0.25, 0.3) is 10.1 Å². The van der Waals surface area contributed by atoms with Crippen LogP contribution in [0, 0.1) is 13.0 Å². The Balaban J connectivity index is 1.85. The molecular weight excluding hydrogens is 569 g/mol. The first-order valence-corrected chi connectivity index (χ1v) is 14.5. The van der Waals surface area contributed by atoms with Gasteiger partial charge < -0.3 is 10.2 Å². The highest BCUT2D eigenvalue weighted by Crippen LogP contribution is 2.25. The lowest BCUT2D eigenvalue weighted by Crippen LogP contribution is -2.29. The van der Waals surface area contributed by atoms with E-state index in [0.717, 1.165) is 6.07 Å². The van der Waals surface area contributed by atoms with Gasteiger partial charge in [-0.3, -0.25) is 8.74 Å². The summed E-state index contributed by atoms with van der Waals surface area (Å²) in [5.74, 6) is -1.29. The molecule has 0 unspecified atom stereocenters. The van der Waals surface area contributed by atoms with E-state index in [-0.39, 0.29) is 65.0 Å². The number of para-hydroxylation sites is 1. The summed E-state index contributed by atoms with van der Waals surface area (Å²) >= 11 is 0.249. The topological polar surface area (TPSA) is 190 Å². The number of halogens is 1. The average molecular weight is 592 g/mol. The van der Waals surface area contributed by atoms with Crippen molar-refractivity contribution in [1.82, 2.24) is 15.0 Å². The minimum absolute atomic E-state index is 0.141. The lowest BCUT2D eigenvalue weighted by molar-refractivity contribution is -0.434. The van der Waals surface area contributed by atoms with Gasteiger partial charge in [-0.2, -0.15) is 27.8 Å². The van der Waals surface area contributed by atoms with E-state index in [2.05, 4.69) is 29.6 Å². The molecule has 0 fully saturated rings. The van der Waals surface area contributed by atoms with Crippen LogP contribution in [-0.4, -0.2) is 66.3 Å². The van der Waals surface area contributed by atoms with Crippen LogP contribution < -0.4 is 10.2 Å². The molecular formula is C20H22FN5O9S3. The van der Waals surface area contributed by atoms with Crippen LogP contribution in [0.15, 0.2) is 53.4 Å². The predicted molar refractivity (Wildman–Crippen MR) is 135 cm³/mol. The van der Waals surface area contributed by atoms with E-state index in [1.807, 2.05) is 0 Å². The third kappa shape index (κ3) is 8.81. The fourth-order valence-electron chi connectivity index (χ4n) is 3.11. The van der Waals surface area contributed by atoms with Crippen LogP contribution in [0.2, 0.25) is 0 Å². The van der Waals surface area contributed by atoms with Crippen LogP contribution in [-0.2, 0) is 33.5 Å². The monoisotopic (exact) mass is 591 g/mol. The minimum Gasteiger partial charge on any atom is -0.324 e. The van der Waals surface area contributed by atoms with Crippen LogP contribution in [0.4, 0.5) is 27.7 Å². The van der Waals surface area contributed by atoms with E-state index < -0.39 is 26.0 Å². The van der Waals surface area contributed by atoms with E-state index in [9.17, 15) is 25.8 Å². The predicted octanol–water partition coefficient (Wildman–Crippen LogP) is 2.86. The molecule has 0 amide bonds. The molecule has 0 aliphatic heterocycles. The normalized spacial score (nSPS) is 11.9. The Labute approximate surface area is 221 Å². The van der Waals surface area contributed by atoms with Crippen LogP contribution in [0.3, 0.4) is 0 Å². The third-order valence-corrected chi connectivity index (χ3v) is 7.81. The number of benzene rings is 2. The van der Waals surface area contributed by atoms with Gasteiger partial charge in [0.15, 0.2) is 22.2 Å². The number of aromatic nitrogens is 3. The first-order valence-electron chi connectivity index (χ1n) is 10.5. The zero-order valence-electron chi connectivity index (χ0n) is 19.6. The molecule has 14 nitrogen and oxygen atoms in total. The third-order valence-electron chi connectivity index (χ3n) is 4.84. The summed E-state index contributed by atoms with van der Waals surface area (Å²) in [4.78, 5) is 12.5. The van der Waals surface area contributed by atoms with E-state index in [0.29, 0.717) is 5.69 Å². The molecule has 1 heterocycles. The highest BCUT2D eigenvalue weighted by molar-refractivity contribution is 7.91. The van der Waals surface area contributed by atoms with Gasteiger partial charge in [-0.05, 0) is 36.8 Å². The van der Waals surface area contributed by atoms with Gasteiger partial charge in [0.2, 0.25) is 11.9 Å². The maximum absolute atomic E-state index is 14.4. The van der Waals surface area contributed by atoms with Crippen molar-refractivity contribution in [3.63, 3.8) is 0 Å². The molecule has 38 heavy (non-hydrogen) atoms. The molecule has 0 atom stereocenters. The maximum atomic E-state index is 14.4. The Hall–Kier alpha value is -2.97. The number of hydrogen-bond acceptors (Lipinski definition) is 14. The number of hydrogen-bond donors (Lipinski definition) is 3. The Kier molecular flexibility index (Phi) is 10.3. The summed E-state index contributed by atoms with van der Waals surface area (Å²) in [6.45, 7) is 1.05. The number of aryl methyl sites for hydroxylation is 1. The highest BCUT2D eigenvalue weighted by atomic mass is 32.2. The molecule has 0 aliphatic rings. The zero-order valence-corrected chi connectivity index (χ0v) is 22.0. The molecule has 0 radical (unpaired) electrons. The van der Waals surface area contributed by atoms with Gasteiger partial charge in [-0.25, -0.2) is 13.7 Å². The maximum Gasteiger partial charge on any atom is 0.315 e. The second kappa shape index (κ2) is 13.2. The van der Waals surface area contributed by atoms with Crippen molar-refractivity contribution in [2.24, 2.45) is 0 Å². The lowest BCUT2D eigenvalue weighted by Gasteiger charge is -2.23. The molecule has 3 aromatic rings.